The maximum absolute atomic E-state index is 6.66. The van der Waals surface area contributed by atoms with E-state index in [-0.39, 0.29) is 0 Å². The van der Waals surface area contributed by atoms with Crippen LogP contribution >= 0.6 is 0 Å². The molecular weight excluding hydrogens is 763 g/mol. The molecule has 0 fully saturated rings. The molecule has 10 aromatic rings. The van der Waals surface area contributed by atoms with Gasteiger partial charge in [0.2, 0.25) is 0 Å². The number of rotatable bonds is 7. The zero-order valence-electron chi connectivity index (χ0n) is 34.5. The lowest BCUT2D eigenvalue weighted by Gasteiger charge is -2.40. The standard InChI is InChI=1S/C61H41NO/c1-3-18-42(19-4-1)45-22-15-23-46(40-45)47-24-16-25-49(41-47)62(57-33-12-8-26-50(57)43-20-5-2-6-21-43)48-38-36-44(37-39-48)51-28-17-29-53-52-27-7-9-30-54(52)61(60(51)53)55-31-10-13-34-58(55)63-59-35-14-11-32-56(59)61/h1-41H. The maximum Gasteiger partial charge on any atom is 0.132 e. The van der Waals surface area contributed by atoms with Crippen molar-refractivity contribution in [3.8, 4) is 67.1 Å². The number of fused-ring (bicyclic) bond motifs is 9. The summed E-state index contributed by atoms with van der Waals surface area (Å²) in [4.78, 5) is 2.41. The molecule has 0 radical (unpaired) electrons. The molecule has 0 atom stereocenters. The molecule has 2 aliphatic rings. The van der Waals surface area contributed by atoms with Gasteiger partial charge in [0.25, 0.3) is 0 Å². The third-order valence-electron chi connectivity index (χ3n) is 12.9. The lowest BCUT2D eigenvalue weighted by Crippen LogP contribution is -2.32. The molecule has 10 aromatic carbocycles. The summed E-state index contributed by atoms with van der Waals surface area (Å²) in [6.07, 6.45) is 0. The SMILES string of the molecule is c1ccc(-c2cccc(-c3cccc(N(c4ccc(-c5cccc6c5C5(c7ccccc7Oc7ccccc75)c5ccccc5-6)cc4)c4ccccc4-c4ccccc4)c3)c2)cc1. The van der Waals surface area contributed by atoms with E-state index in [1.807, 2.05) is 0 Å². The minimum Gasteiger partial charge on any atom is -0.457 e. The van der Waals surface area contributed by atoms with E-state index >= 15 is 0 Å². The van der Waals surface area contributed by atoms with Crippen LogP contribution < -0.4 is 9.64 Å². The van der Waals surface area contributed by atoms with Crippen LogP contribution in [0.1, 0.15) is 22.3 Å². The molecular formula is C61H41NO. The Hall–Kier alpha value is -8.20. The lowest BCUT2D eigenvalue weighted by molar-refractivity contribution is 0.436. The highest BCUT2D eigenvalue weighted by Gasteiger charge is 2.52. The first-order valence-electron chi connectivity index (χ1n) is 21.7. The molecule has 2 nitrogen and oxygen atoms in total. The minimum atomic E-state index is -0.564. The van der Waals surface area contributed by atoms with E-state index in [0.717, 1.165) is 56.4 Å². The Morgan fingerprint density at radius 3 is 1.48 bits per heavy atom. The lowest BCUT2D eigenvalue weighted by atomic mass is 9.64. The van der Waals surface area contributed by atoms with Gasteiger partial charge in [-0.05, 0) is 110 Å². The topological polar surface area (TPSA) is 12.5 Å². The number of anilines is 3. The molecule has 1 heterocycles. The Balaban J connectivity index is 1.03. The average Bonchev–Trinajstić information content (AvgIpc) is 3.66. The summed E-state index contributed by atoms with van der Waals surface area (Å²) in [6, 6.07) is 90.0. The number of ether oxygens (including phenoxy) is 1. The van der Waals surface area contributed by atoms with E-state index in [2.05, 4.69) is 254 Å². The molecule has 0 saturated heterocycles. The molecule has 1 spiro atoms. The van der Waals surface area contributed by atoms with Crippen molar-refractivity contribution in [1.29, 1.82) is 0 Å². The van der Waals surface area contributed by atoms with Crippen molar-refractivity contribution in [1.82, 2.24) is 0 Å². The molecule has 2 heteroatoms. The monoisotopic (exact) mass is 803 g/mol. The smallest absolute Gasteiger partial charge is 0.132 e. The molecule has 0 N–H and O–H groups in total. The van der Waals surface area contributed by atoms with Crippen LogP contribution in [0.25, 0.3) is 55.6 Å². The van der Waals surface area contributed by atoms with Gasteiger partial charge in [-0.15, -0.1) is 0 Å². The molecule has 0 saturated carbocycles. The Bertz CT molecular complexity index is 3270. The normalized spacial score (nSPS) is 12.7. The molecule has 1 aliphatic heterocycles. The molecule has 12 rings (SSSR count). The van der Waals surface area contributed by atoms with Crippen molar-refractivity contribution in [2.24, 2.45) is 0 Å². The molecule has 0 amide bonds. The van der Waals surface area contributed by atoms with Gasteiger partial charge >= 0.3 is 0 Å². The fourth-order valence-electron chi connectivity index (χ4n) is 10.2. The zero-order chi connectivity index (χ0) is 41.7. The second kappa shape index (κ2) is 15.1. The van der Waals surface area contributed by atoms with Gasteiger partial charge in [0.15, 0.2) is 0 Å². The van der Waals surface area contributed by atoms with Crippen LogP contribution in [0.15, 0.2) is 249 Å². The first-order valence-corrected chi connectivity index (χ1v) is 21.7. The summed E-state index contributed by atoms with van der Waals surface area (Å²) in [5.74, 6) is 1.79. The summed E-state index contributed by atoms with van der Waals surface area (Å²) >= 11 is 0. The number of hydrogen-bond donors (Lipinski definition) is 0. The molecule has 0 aromatic heterocycles. The first kappa shape index (κ1) is 36.6. The number of nitrogens with zero attached hydrogens (tertiary/aromatic N) is 1. The van der Waals surface area contributed by atoms with Gasteiger partial charge in [-0.1, -0.05) is 200 Å². The Labute approximate surface area is 368 Å². The predicted molar refractivity (Wildman–Crippen MR) is 260 cm³/mol. The van der Waals surface area contributed by atoms with Crippen molar-refractivity contribution in [3.05, 3.63) is 271 Å². The van der Waals surface area contributed by atoms with Gasteiger partial charge in [0.1, 0.15) is 11.5 Å². The van der Waals surface area contributed by atoms with Gasteiger partial charge in [-0.3, -0.25) is 0 Å². The van der Waals surface area contributed by atoms with Gasteiger partial charge in [0.05, 0.1) is 11.1 Å². The van der Waals surface area contributed by atoms with E-state index in [9.17, 15) is 0 Å². The van der Waals surface area contributed by atoms with Gasteiger partial charge in [-0.25, -0.2) is 0 Å². The van der Waals surface area contributed by atoms with Crippen molar-refractivity contribution in [2.75, 3.05) is 4.90 Å². The van der Waals surface area contributed by atoms with Crippen LogP contribution in [0.5, 0.6) is 11.5 Å². The highest BCUT2D eigenvalue weighted by molar-refractivity contribution is 5.95. The van der Waals surface area contributed by atoms with Gasteiger partial charge in [-0.2, -0.15) is 0 Å². The van der Waals surface area contributed by atoms with Crippen LogP contribution in [-0.2, 0) is 5.41 Å². The molecule has 0 unspecified atom stereocenters. The third kappa shape index (κ3) is 5.95. The second-order valence-corrected chi connectivity index (χ2v) is 16.4. The maximum atomic E-state index is 6.66. The molecule has 63 heavy (non-hydrogen) atoms. The summed E-state index contributed by atoms with van der Waals surface area (Å²) in [5, 5.41) is 0. The first-order chi connectivity index (χ1) is 31.3. The van der Waals surface area contributed by atoms with E-state index < -0.39 is 5.41 Å². The fraction of sp³-hybridized carbons (Fsp3) is 0.0164. The Morgan fingerprint density at radius 1 is 0.286 bits per heavy atom. The van der Waals surface area contributed by atoms with Crippen LogP contribution in [0, 0.1) is 0 Å². The number of hydrogen-bond acceptors (Lipinski definition) is 2. The van der Waals surface area contributed by atoms with Crippen molar-refractivity contribution in [2.45, 2.75) is 5.41 Å². The zero-order valence-corrected chi connectivity index (χ0v) is 34.5. The molecule has 296 valence electrons. The quantitative estimate of drug-likeness (QED) is 0.159. The second-order valence-electron chi connectivity index (χ2n) is 16.4. The van der Waals surface area contributed by atoms with Gasteiger partial charge in [0, 0.05) is 28.1 Å². The van der Waals surface area contributed by atoms with Crippen molar-refractivity contribution < 1.29 is 4.74 Å². The van der Waals surface area contributed by atoms with Crippen LogP contribution in [-0.4, -0.2) is 0 Å². The number of benzene rings is 10. The Morgan fingerprint density at radius 2 is 0.762 bits per heavy atom. The van der Waals surface area contributed by atoms with Crippen LogP contribution in [0.3, 0.4) is 0 Å². The highest BCUT2D eigenvalue weighted by Crippen LogP contribution is 2.63. The van der Waals surface area contributed by atoms with Crippen LogP contribution in [0.2, 0.25) is 0 Å². The summed E-state index contributed by atoms with van der Waals surface area (Å²) in [5.41, 5.74) is 19.6. The summed E-state index contributed by atoms with van der Waals surface area (Å²) in [7, 11) is 0. The average molecular weight is 804 g/mol. The fourth-order valence-corrected chi connectivity index (χ4v) is 10.2. The molecule has 0 bridgehead atoms. The van der Waals surface area contributed by atoms with E-state index in [1.54, 1.807) is 0 Å². The Kier molecular flexibility index (Phi) is 8.76. The van der Waals surface area contributed by atoms with E-state index in [4.69, 9.17) is 4.74 Å². The summed E-state index contributed by atoms with van der Waals surface area (Å²) in [6.45, 7) is 0. The van der Waals surface area contributed by atoms with Crippen molar-refractivity contribution >= 4 is 17.1 Å². The minimum absolute atomic E-state index is 0.564. The summed E-state index contributed by atoms with van der Waals surface area (Å²) < 4.78 is 6.66. The van der Waals surface area contributed by atoms with E-state index in [1.165, 1.54) is 50.1 Å². The van der Waals surface area contributed by atoms with Crippen LogP contribution in [0.4, 0.5) is 17.1 Å². The molecule has 1 aliphatic carbocycles. The largest absolute Gasteiger partial charge is 0.457 e. The third-order valence-corrected chi connectivity index (χ3v) is 12.9. The predicted octanol–water partition coefficient (Wildman–Crippen LogP) is 16.3. The van der Waals surface area contributed by atoms with Crippen molar-refractivity contribution in [3.63, 3.8) is 0 Å². The highest BCUT2D eigenvalue weighted by atomic mass is 16.5. The van der Waals surface area contributed by atoms with Gasteiger partial charge < -0.3 is 9.64 Å². The number of para-hydroxylation sites is 3. The van der Waals surface area contributed by atoms with E-state index in [0.29, 0.717) is 0 Å².